The number of hydrogen-bond acceptors (Lipinski definition) is 3. The molecule has 0 amide bonds. The number of nitrogens with zero attached hydrogens (tertiary/aromatic N) is 2. The Labute approximate surface area is 110 Å². The van der Waals surface area contributed by atoms with Gasteiger partial charge in [-0.25, -0.2) is 4.98 Å². The van der Waals surface area contributed by atoms with Crippen molar-refractivity contribution in [1.29, 1.82) is 0 Å². The third kappa shape index (κ3) is 3.18. The summed E-state index contributed by atoms with van der Waals surface area (Å²) < 4.78 is 37.4. The number of halogens is 3. The molecule has 3 nitrogen and oxygen atoms in total. The van der Waals surface area contributed by atoms with Crippen LogP contribution in [0, 0.1) is 0 Å². The normalized spacial score (nSPS) is 24.6. The Kier molecular flexibility index (Phi) is 3.99. The summed E-state index contributed by atoms with van der Waals surface area (Å²) in [5.74, 6) is 0.548. The highest BCUT2D eigenvalue weighted by Gasteiger charge is 2.32. The van der Waals surface area contributed by atoms with E-state index in [2.05, 4.69) is 4.98 Å². The third-order valence-corrected chi connectivity index (χ3v) is 3.53. The van der Waals surface area contributed by atoms with Crippen molar-refractivity contribution in [2.45, 2.75) is 44.5 Å². The number of anilines is 1. The van der Waals surface area contributed by atoms with Gasteiger partial charge in [0.1, 0.15) is 5.82 Å². The van der Waals surface area contributed by atoms with Crippen LogP contribution in [-0.2, 0) is 6.18 Å². The van der Waals surface area contributed by atoms with Crippen LogP contribution in [0.2, 0.25) is 0 Å². The van der Waals surface area contributed by atoms with Crippen LogP contribution in [0.15, 0.2) is 18.3 Å². The fraction of sp³-hybridized carbons (Fsp3) is 0.615. The Morgan fingerprint density at radius 2 is 2.16 bits per heavy atom. The van der Waals surface area contributed by atoms with E-state index in [1.54, 1.807) is 0 Å². The molecule has 0 saturated carbocycles. The minimum absolute atomic E-state index is 0.132. The van der Waals surface area contributed by atoms with Gasteiger partial charge in [0.15, 0.2) is 0 Å². The van der Waals surface area contributed by atoms with Crippen LogP contribution in [0.25, 0.3) is 0 Å². The molecular weight excluding hydrogens is 257 g/mol. The second-order valence-electron chi connectivity index (χ2n) is 4.84. The summed E-state index contributed by atoms with van der Waals surface area (Å²) in [7, 11) is 0. The van der Waals surface area contributed by atoms with Crippen LogP contribution in [0.3, 0.4) is 0 Å². The minimum Gasteiger partial charge on any atom is -0.393 e. The summed E-state index contributed by atoms with van der Waals surface area (Å²) >= 11 is 0. The van der Waals surface area contributed by atoms with Crippen molar-refractivity contribution >= 4 is 5.82 Å². The number of piperidine rings is 1. The van der Waals surface area contributed by atoms with E-state index in [0.29, 0.717) is 25.2 Å². The van der Waals surface area contributed by atoms with E-state index in [1.165, 1.54) is 6.07 Å². The molecule has 1 N–H and O–H groups in total. The van der Waals surface area contributed by atoms with Gasteiger partial charge >= 0.3 is 6.18 Å². The number of aromatic nitrogens is 1. The van der Waals surface area contributed by atoms with E-state index in [9.17, 15) is 18.3 Å². The SMILES string of the molecule is CC[C@H]1C[C@H](O)CCN1c1ccc(C(F)(F)F)cn1. The maximum atomic E-state index is 12.5. The van der Waals surface area contributed by atoms with Crippen LogP contribution < -0.4 is 4.90 Å². The quantitative estimate of drug-likeness (QED) is 0.901. The molecule has 6 heteroatoms. The number of alkyl halides is 3. The van der Waals surface area contributed by atoms with Crippen molar-refractivity contribution in [2.24, 2.45) is 0 Å². The zero-order valence-corrected chi connectivity index (χ0v) is 10.7. The Bertz CT molecular complexity index is 419. The fourth-order valence-electron chi connectivity index (χ4n) is 2.44. The lowest BCUT2D eigenvalue weighted by Crippen LogP contribution is -2.44. The average Bonchev–Trinajstić information content (AvgIpc) is 2.37. The number of pyridine rings is 1. The van der Waals surface area contributed by atoms with Crippen molar-refractivity contribution in [3.63, 3.8) is 0 Å². The Hall–Kier alpha value is -1.30. The van der Waals surface area contributed by atoms with Crippen LogP contribution in [0.5, 0.6) is 0 Å². The molecule has 0 aliphatic carbocycles. The lowest BCUT2D eigenvalue weighted by Gasteiger charge is -2.38. The second kappa shape index (κ2) is 5.36. The molecule has 1 aromatic heterocycles. The maximum absolute atomic E-state index is 12.5. The van der Waals surface area contributed by atoms with E-state index < -0.39 is 11.7 Å². The van der Waals surface area contributed by atoms with E-state index in [-0.39, 0.29) is 12.1 Å². The molecule has 2 atom stereocenters. The molecule has 1 saturated heterocycles. The van der Waals surface area contributed by atoms with Gasteiger partial charge in [0.2, 0.25) is 0 Å². The van der Waals surface area contributed by atoms with E-state index in [4.69, 9.17) is 0 Å². The molecule has 2 heterocycles. The van der Waals surface area contributed by atoms with Crippen LogP contribution >= 0.6 is 0 Å². The van der Waals surface area contributed by atoms with Crippen LogP contribution in [0.4, 0.5) is 19.0 Å². The first-order chi connectivity index (χ1) is 8.91. The number of hydrogen-bond donors (Lipinski definition) is 1. The van der Waals surface area contributed by atoms with Gasteiger partial charge in [-0.15, -0.1) is 0 Å². The van der Waals surface area contributed by atoms with Gasteiger partial charge in [-0.2, -0.15) is 13.2 Å². The summed E-state index contributed by atoms with van der Waals surface area (Å²) in [6, 6.07) is 2.59. The topological polar surface area (TPSA) is 36.4 Å². The van der Waals surface area contributed by atoms with Gasteiger partial charge in [0, 0.05) is 18.8 Å². The smallest absolute Gasteiger partial charge is 0.393 e. The molecule has 1 aliphatic rings. The van der Waals surface area contributed by atoms with Crippen molar-refractivity contribution in [3.05, 3.63) is 23.9 Å². The first-order valence-electron chi connectivity index (χ1n) is 6.39. The van der Waals surface area contributed by atoms with Crippen molar-refractivity contribution in [1.82, 2.24) is 4.98 Å². The first-order valence-corrected chi connectivity index (χ1v) is 6.39. The second-order valence-corrected chi connectivity index (χ2v) is 4.84. The van der Waals surface area contributed by atoms with Crippen molar-refractivity contribution in [2.75, 3.05) is 11.4 Å². The molecule has 19 heavy (non-hydrogen) atoms. The standard InChI is InChI=1S/C13H17F3N2O/c1-2-10-7-11(19)5-6-18(10)12-4-3-9(8-17-12)13(14,15)16/h3-4,8,10-11,19H,2,5-7H2,1H3/t10-,11+/m0/s1. The van der Waals surface area contributed by atoms with E-state index in [1.807, 2.05) is 11.8 Å². The zero-order valence-electron chi connectivity index (χ0n) is 10.7. The molecule has 0 radical (unpaired) electrons. The molecule has 0 bridgehead atoms. The first kappa shape index (κ1) is 14.1. The Morgan fingerprint density at radius 1 is 1.42 bits per heavy atom. The molecular formula is C13H17F3N2O. The minimum atomic E-state index is -4.35. The average molecular weight is 274 g/mol. The Balaban J connectivity index is 2.17. The lowest BCUT2D eigenvalue weighted by atomic mass is 9.97. The molecule has 0 spiro atoms. The predicted octanol–water partition coefficient (Wildman–Crippen LogP) is 2.84. The number of aliphatic hydroxyl groups excluding tert-OH is 1. The molecule has 0 unspecified atom stereocenters. The van der Waals surface area contributed by atoms with E-state index in [0.717, 1.165) is 18.7 Å². The number of rotatable bonds is 2. The molecule has 1 fully saturated rings. The highest BCUT2D eigenvalue weighted by molar-refractivity contribution is 5.41. The molecule has 2 rings (SSSR count). The van der Waals surface area contributed by atoms with Gasteiger partial charge in [-0.05, 0) is 31.4 Å². The van der Waals surface area contributed by atoms with Gasteiger partial charge in [0.05, 0.1) is 11.7 Å². The largest absolute Gasteiger partial charge is 0.417 e. The summed E-state index contributed by atoms with van der Waals surface area (Å²) in [6.07, 6.45) is -1.71. The highest BCUT2D eigenvalue weighted by atomic mass is 19.4. The molecule has 106 valence electrons. The van der Waals surface area contributed by atoms with E-state index >= 15 is 0 Å². The lowest BCUT2D eigenvalue weighted by molar-refractivity contribution is -0.137. The van der Waals surface area contributed by atoms with Gasteiger partial charge in [0.25, 0.3) is 0 Å². The van der Waals surface area contributed by atoms with Crippen molar-refractivity contribution < 1.29 is 18.3 Å². The highest BCUT2D eigenvalue weighted by Crippen LogP contribution is 2.31. The van der Waals surface area contributed by atoms with Gasteiger partial charge in [-0.1, -0.05) is 6.92 Å². The fourth-order valence-corrected chi connectivity index (χ4v) is 2.44. The number of aliphatic hydroxyl groups is 1. The summed E-state index contributed by atoms with van der Waals surface area (Å²) in [5.41, 5.74) is -0.735. The van der Waals surface area contributed by atoms with Gasteiger partial charge in [-0.3, -0.25) is 0 Å². The van der Waals surface area contributed by atoms with Crippen LogP contribution in [0.1, 0.15) is 31.7 Å². The predicted molar refractivity (Wildman–Crippen MR) is 65.9 cm³/mol. The maximum Gasteiger partial charge on any atom is 0.417 e. The Morgan fingerprint density at radius 3 is 2.68 bits per heavy atom. The van der Waals surface area contributed by atoms with Crippen LogP contribution in [-0.4, -0.2) is 28.8 Å². The third-order valence-electron chi connectivity index (χ3n) is 3.53. The van der Waals surface area contributed by atoms with Crippen molar-refractivity contribution in [3.8, 4) is 0 Å². The zero-order chi connectivity index (χ0) is 14.0. The van der Waals surface area contributed by atoms with Gasteiger partial charge < -0.3 is 10.0 Å². The summed E-state index contributed by atoms with van der Waals surface area (Å²) in [5, 5.41) is 9.63. The molecule has 1 aromatic rings. The summed E-state index contributed by atoms with van der Waals surface area (Å²) in [6.45, 7) is 2.62. The molecule has 0 aromatic carbocycles. The molecule has 1 aliphatic heterocycles. The summed E-state index contributed by atoms with van der Waals surface area (Å²) in [4.78, 5) is 5.90. The monoisotopic (exact) mass is 274 g/mol.